The maximum Gasteiger partial charge on any atom is 0.260 e. The Morgan fingerprint density at radius 3 is 2.83 bits per heavy atom. The number of fused-ring (bicyclic) bond motifs is 2. The van der Waals surface area contributed by atoms with Gasteiger partial charge < -0.3 is 9.55 Å². The van der Waals surface area contributed by atoms with Gasteiger partial charge in [0.05, 0.1) is 28.3 Å². The third-order valence-electron chi connectivity index (χ3n) is 3.80. The number of imidazole rings is 1. The van der Waals surface area contributed by atoms with E-state index in [1.165, 1.54) is 10.9 Å². The van der Waals surface area contributed by atoms with E-state index >= 15 is 0 Å². The first-order valence-electron chi connectivity index (χ1n) is 7.33. The minimum atomic E-state index is -0.321. The highest BCUT2D eigenvalue weighted by atomic mass is 16.2. The molecule has 0 aliphatic heterocycles. The Morgan fingerprint density at radius 1 is 1.17 bits per heavy atom. The van der Waals surface area contributed by atoms with Crippen LogP contribution in [-0.2, 0) is 7.05 Å². The van der Waals surface area contributed by atoms with Crippen molar-refractivity contribution in [2.45, 2.75) is 0 Å². The molecule has 2 N–H and O–H groups in total. The molecule has 7 heteroatoms. The van der Waals surface area contributed by atoms with Crippen LogP contribution >= 0.6 is 0 Å². The van der Waals surface area contributed by atoms with E-state index in [9.17, 15) is 9.59 Å². The van der Waals surface area contributed by atoms with Gasteiger partial charge in [0.15, 0.2) is 0 Å². The van der Waals surface area contributed by atoms with Gasteiger partial charge in [0, 0.05) is 12.6 Å². The molecule has 0 saturated heterocycles. The summed E-state index contributed by atoms with van der Waals surface area (Å²) in [6.45, 7) is 0. The van der Waals surface area contributed by atoms with E-state index in [1.807, 2.05) is 24.3 Å². The Bertz CT molecular complexity index is 1110. The van der Waals surface area contributed by atoms with Crippen LogP contribution in [0.15, 0.2) is 53.6 Å². The van der Waals surface area contributed by atoms with Crippen molar-refractivity contribution in [1.82, 2.24) is 19.5 Å². The summed E-state index contributed by atoms with van der Waals surface area (Å²) in [7, 11) is 1.64. The third kappa shape index (κ3) is 2.32. The van der Waals surface area contributed by atoms with E-state index in [0.29, 0.717) is 22.4 Å². The number of carbonyl (C=O) groups excluding carboxylic acids is 1. The van der Waals surface area contributed by atoms with Crippen LogP contribution in [0.2, 0.25) is 0 Å². The number of rotatable bonds is 2. The molecule has 0 saturated carbocycles. The van der Waals surface area contributed by atoms with Crippen LogP contribution in [0.25, 0.3) is 21.9 Å². The van der Waals surface area contributed by atoms with Crippen molar-refractivity contribution in [3.63, 3.8) is 0 Å². The second kappa shape index (κ2) is 5.31. The summed E-state index contributed by atoms with van der Waals surface area (Å²) in [5, 5.41) is 3.19. The lowest BCUT2D eigenvalue weighted by atomic mass is 10.1. The number of amides is 1. The van der Waals surface area contributed by atoms with Gasteiger partial charge >= 0.3 is 0 Å². The standard InChI is InChI=1S/C17H13N5O2/c1-22-9-18-14-8-10(6-7-11(14)16(22)24)15(23)21-17-19-12-4-2-3-5-13(12)20-17/h2-9H,1H3,(H2,19,20,21,23). The van der Waals surface area contributed by atoms with Gasteiger partial charge in [-0.1, -0.05) is 12.1 Å². The van der Waals surface area contributed by atoms with Crippen LogP contribution in [-0.4, -0.2) is 25.4 Å². The molecule has 7 nitrogen and oxygen atoms in total. The number of benzene rings is 2. The Kier molecular flexibility index (Phi) is 3.13. The van der Waals surface area contributed by atoms with Crippen LogP contribution in [0.1, 0.15) is 10.4 Å². The lowest BCUT2D eigenvalue weighted by Gasteiger charge is -2.04. The van der Waals surface area contributed by atoms with E-state index in [-0.39, 0.29) is 11.5 Å². The maximum absolute atomic E-state index is 12.4. The number of para-hydroxylation sites is 2. The quantitative estimate of drug-likeness (QED) is 0.591. The normalized spacial score (nSPS) is 11.0. The van der Waals surface area contributed by atoms with Crippen molar-refractivity contribution < 1.29 is 4.79 Å². The smallest absolute Gasteiger partial charge is 0.260 e. The molecule has 0 fully saturated rings. The molecule has 2 heterocycles. The van der Waals surface area contributed by atoms with Crippen molar-refractivity contribution >= 4 is 33.8 Å². The lowest BCUT2D eigenvalue weighted by Crippen LogP contribution is -2.18. The SMILES string of the molecule is Cn1cnc2cc(C(=O)Nc3nc4ccccc4[nH]3)ccc2c1=O. The van der Waals surface area contributed by atoms with Crippen LogP contribution < -0.4 is 10.9 Å². The van der Waals surface area contributed by atoms with E-state index in [0.717, 1.165) is 11.0 Å². The molecule has 118 valence electrons. The number of aromatic amines is 1. The predicted octanol–water partition coefficient (Wildman–Crippen LogP) is 2.06. The van der Waals surface area contributed by atoms with Crippen molar-refractivity contribution in [3.8, 4) is 0 Å². The molecule has 0 aliphatic carbocycles. The maximum atomic E-state index is 12.4. The molecule has 2 aromatic carbocycles. The number of anilines is 1. The molecule has 0 aliphatic rings. The number of H-pyrrole nitrogens is 1. The number of hydrogen-bond acceptors (Lipinski definition) is 4. The number of nitrogens with zero attached hydrogens (tertiary/aromatic N) is 3. The first kappa shape index (κ1) is 14.1. The first-order chi connectivity index (χ1) is 11.6. The fourth-order valence-corrected chi connectivity index (χ4v) is 2.54. The fourth-order valence-electron chi connectivity index (χ4n) is 2.54. The van der Waals surface area contributed by atoms with Crippen LogP contribution in [0.3, 0.4) is 0 Å². The zero-order valence-corrected chi connectivity index (χ0v) is 12.8. The van der Waals surface area contributed by atoms with Crippen molar-refractivity contribution in [1.29, 1.82) is 0 Å². The molecular formula is C17H13N5O2. The summed E-state index contributed by atoms with van der Waals surface area (Å²) in [6, 6.07) is 12.3. The number of nitrogens with one attached hydrogen (secondary N) is 2. The first-order valence-corrected chi connectivity index (χ1v) is 7.33. The fraction of sp³-hybridized carbons (Fsp3) is 0.0588. The minimum Gasteiger partial charge on any atom is -0.324 e. The van der Waals surface area contributed by atoms with Crippen LogP contribution in [0.4, 0.5) is 5.95 Å². The van der Waals surface area contributed by atoms with Gasteiger partial charge in [0.2, 0.25) is 5.95 Å². The van der Waals surface area contributed by atoms with Crippen LogP contribution in [0, 0.1) is 0 Å². The molecule has 1 amide bonds. The molecule has 4 aromatic rings. The van der Waals surface area contributed by atoms with Gasteiger partial charge in [-0.15, -0.1) is 0 Å². The lowest BCUT2D eigenvalue weighted by molar-refractivity contribution is 0.102. The van der Waals surface area contributed by atoms with Gasteiger partial charge in [-0.25, -0.2) is 9.97 Å². The monoisotopic (exact) mass is 319 g/mol. The molecule has 4 rings (SSSR count). The molecule has 0 radical (unpaired) electrons. The van der Waals surface area contributed by atoms with Gasteiger partial charge in [-0.2, -0.15) is 0 Å². The highest BCUT2D eigenvalue weighted by Crippen LogP contribution is 2.15. The Balaban J connectivity index is 1.67. The Hall–Kier alpha value is -3.48. The van der Waals surface area contributed by atoms with E-state index in [2.05, 4.69) is 20.3 Å². The number of hydrogen-bond donors (Lipinski definition) is 2. The average Bonchev–Trinajstić information content (AvgIpc) is 3.00. The van der Waals surface area contributed by atoms with Gasteiger partial charge in [-0.3, -0.25) is 14.9 Å². The van der Waals surface area contributed by atoms with Gasteiger partial charge in [0.1, 0.15) is 0 Å². The van der Waals surface area contributed by atoms with Crippen LogP contribution in [0.5, 0.6) is 0 Å². The summed E-state index contributed by atoms with van der Waals surface area (Å²) < 4.78 is 1.40. The summed E-state index contributed by atoms with van der Waals surface area (Å²) in [5.74, 6) is 0.0525. The molecular weight excluding hydrogens is 306 g/mol. The summed E-state index contributed by atoms with van der Waals surface area (Å²) in [5.41, 5.74) is 2.36. The largest absolute Gasteiger partial charge is 0.324 e. The zero-order chi connectivity index (χ0) is 16.7. The topological polar surface area (TPSA) is 92.7 Å². The summed E-state index contributed by atoms with van der Waals surface area (Å²) in [6.07, 6.45) is 1.44. The molecule has 0 atom stereocenters. The number of carbonyl (C=O) groups is 1. The van der Waals surface area contributed by atoms with Gasteiger partial charge in [-0.05, 0) is 30.3 Å². The second-order valence-corrected chi connectivity index (χ2v) is 5.45. The highest BCUT2D eigenvalue weighted by Gasteiger charge is 2.11. The van der Waals surface area contributed by atoms with Gasteiger partial charge in [0.25, 0.3) is 11.5 Å². The van der Waals surface area contributed by atoms with E-state index in [4.69, 9.17) is 0 Å². The Morgan fingerprint density at radius 2 is 2.00 bits per heavy atom. The average molecular weight is 319 g/mol. The molecule has 0 bridgehead atoms. The van der Waals surface area contributed by atoms with E-state index in [1.54, 1.807) is 25.2 Å². The van der Waals surface area contributed by atoms with Crippen molar-refractivity contribution in [3.05, 3.63) is 64.7 Å². The minimum absolute atomic E-state index is 0.149. The molecule has 0 unspecified atom stereocenters. The summed E-state index contributed by atoms with van der Waals surface area (Å²) >= 11 is 0. The number of aryl methyl sites for hydroxylation is 1. The zero-order valence-electron chi connectivity index (χ0n) is 12.8. The summed E-state index contributed by atoms with van der Waals surface area (Å²) in [4.78, 5) is 35.9. The van der Waals surface area contributed by atoms with Crippen molar-refractivity contribution in [2.75, 3.05) is 5.32 Å². The number of aromatic nitrogens is 4. The predicted molar refractivity (Wildman–Crippen MR) is 91.0 cm³/mol. The third-order valence-corrected chi connectivity index (χ3v) is 3.80. The molecule has 0 spiro atoms. The molecule has 24 heavy (non-hydrogen) atoms. The Labute approximate surface area is 136 Å². The molecule has 2 aromatic heterocycles. The van der Waals surface area contributed by atoms with Crippen molar-refractivity contribution in [2.24, 2.45) is 7.05 Å². The second-order valence-electron chi connectivity index (χ2n) is 5.45. The van der Waals surface area contributed by atoms with E-state index < -0.39 is 0 Å². The highest BCUT2D eigenvalue weighted by molar-refractivity contribution is 6.05.